The number of carbonyl (C=O) groups excluding carboxylic acids is 1. The zero-order valence-corrected chi connectivity index (χ0v) is 26.4. The highest BCUT2D eigenvalue weighted by Crippen LogP contribution is 2.38. The van der Waals surface area contributed by atoms with Crippen molar-refractivity contribution >= 4 is 50.7 Å². The van der Waals surface area contributed by atoms with Crippen molar-refractivity contribution in [1.82, 2.24) is 38.5 Å². The van der Waals surface area contributed by atoms with Gasteiger partial charge in [-0.25, -0.2) is 12.9 Å². The van der Waals surface area contributed by atoms with E-state index in [0.717, 1.165) is 49.6 Å². The molecule has 2 bridgehead atoms. The summed E-state index contributed by atoms with van der Waals surface area (Å²) in [5.74, 6) is 0.471. The van der Waals surface area contributed by atoms with Crippen molar-refractivity contribution in [3.8, 4) is 0 Å². The maximum atomic E-state index is 13.7. The molecule has 15 heteroatoms. The quantitative estimate of drug-likeness (QED) is 0.288. The van der Waals surface area contributed by atoms with Crippen LogP contribution in [0.1, 0.15) is 12.8 Å². The summed E-state index contributed by atoms with van der Waals surface area (Å²) in [5.41, 5.74) is 2.30. The number of hydrogen-bond acceptors (Lipinski definition) is 10. The molecule has 13 nitrogen and oxygen atoms in total. The van der Waals surface area contributed by atoms with Crippen LogP contribution in [-0.2, 0) is 21.4 Å². The van der Waals surface area contributed by atoms with Crippen molar-refractivity contribution in [2.45, 2.75) is 41.3 Å². The lowest BCUT2D eigenvalue weighted by molar-refractivity contribution is -0.133. The summed E-state index contributed by atoms with van der Waals surface area (Å²) in [4.78, 5) is 25.2. The predicted octanol–water partition coefficient (Wildman–Crippen LogP) is 2.21. The third-order valence-corrected chi connectivity index (χ3v) is 11.5. The van der Waals surface area contributed by atoms with E-state index in [1.165, 1.54) is 0 Å². The van der Waals surface area contributed by atoms with Gasteiger partial charge in [0.2, 0.25) is 21.9 Å². The van der Waals surface area contributed by atoms with E-state index in [1.807, 2.05) is 41.6 Å². The van der Waals surface area contributed by atoms with Gasteiger partial charge in [-0.3, -0.25) is 9.48 Å². The maximum Gasteiger partial charge on any atom is 0.247 e. The fourth-order valence-electron chi connectivity index (χ4n) is 6.45. The lowest BCUT2D eigenvalue weighted by Gasteiger charge is -2.41. The third kappa shape index (κ3) is 5.53. The number of rotatable bonds is 8. The number of anilines is 3. The molecule has 1 amide bonds. The van der Waals surface area contributed by atoms with Crippen molar-refractivity contribution in [2.24, 2.45) is 0 Å². The minimum atomic E-state index is -3.60. The van der Waals surface area contributed by atoms with E-state index in [2.05, 4.69) is 32.4 Å². The summed E-state index contributed by atoms with van der Waals surface area (Å²) in [6.07, 6.45) is 8.93. The van der Waals surface area contributed by atoms with Crippen molar-refractivity contribution in [2.75, 3.05) is 62.8 Å². The summed E-state index contributed by atoms with van der Waals surface area (Å²) in [7, 11) is -1.53. The molecule has 232 valence electrons. The van der Waals surface area contributed by atoms with Gasteiger partial charge in [-0.2, -0.15) is 14.4 Å². The molecule has 3 saturated heterocycles. The lowest BCUT2D eigenvalue weighted by Crippen LogP contribution is -2.55. The average molecular weight is 637 g/mol. The van der Waals surface area contributed by atoms with Gasteiger partial charge in [-0.05, 0) is 62.5 Å². The maximum absolute atomic E-state index is 13.7. The Morgan fingerprint density at radius 2 is 1.77 bits per heavy atom. The minimum absolute atomic E-state index is 0.0543. The van der Waals surface area contributed by atoms with Crippen molar-refractivity contribution in [1.29, 1.82) is 0 Å². The molecule has 6 heterocycles. The number of pyridine rings is 1. The fourth-order valence-corrected chi connectivity index (χ4v) is 8.71. The number of nitrogens with zero attached hydrogens (tertiary/aromatic N) is 9. The van der Waals surface area contributed by atoms with Gasteiger partial charge in [0.15, 0.2) is 5.65 Å². The second-order valence-corrected chi connectivity index (χ2v) is 14.4. The molecule has 3 aliphatic rings. The van der Waals surface area contributed by atoms with Crippen LogP contribution in [0.15, 0.2) is 64.8 Å². The Hall–Kier alpha value is -3.66. The van der Waals surface area contributed by atoms with Gasteiger partial charge in [-0.1, -0.05) is 0 Å². The average Bonchev–Trinajstić information content (AvgIpc) is 3.72. The number of amides is 1. The minimum Gasteiger partial charge on any atom is -0.365 e. The van der Waals surface area contributed by atoms with Gasteiger partial charge in [0.25, 0.3) is 0 Å². The molecule has 3 aliphatic heterocycles. The third-order valence-electron chi connectivity index (χ3n) is 8.78. The second-order valence-electron chi connectivity index (χ2n) is 11.6. The van der Waals surface area contributed by atoms with E-state index in [4.69, 9.17) is 4.98 Å². The number of fused-ring (bicyclic) bond motifs is 3. The van der Waals surface area contributed by atoms with E-state index in [9.17, 15) is 13.2 Å². The Morgan fingerprint density at radius 1 is 1.05 bits per heavy atom. The molecule has 3 aromatic heterocycles. The number of carbonyl (C=O) groups is 1. The molecule has 1 aromatic carbocycles. The molecule has 0 spiro atoms. The van der Waals surface area contributed by atoms with Crippen LogP contribution in [0.25, 0.3) is 5.65 Å². The van der Waals surface area contributed by atoms with Crippen LogP contribution in [-0.4, -0.2) is 117 Å². The van der Waals surface area contributed by atoms with Crippen LogP contribution in [0.2, 0.25) is 0 Å². The molecule has 0 aliphatic carbocycles. The molecule has 44 heavy (non-hydrogen) atoms. The first-order valence-electron chi connectivity index (χ1n) is 14.8. The van der Waals surface area contributed by atoms with Crippen molar-refractivity contribution in [3.63, 3.8) is 0 Å². The van der Waals surface area contributed by atoms with E-state index < -0.39 is 10.0 Å². The van der Waals surface area contributed by atoms with Crippen LogP contribution >= 0.6 is 11.8 Å². The smallest absolute Gasteiger partial charge is 0.247 e. The molecule has 3 fully saturated rings. The highest BCUT2D eigenvalue weighted by molar-refractivity contribution is 7.98. The molecule has 1 N–H and O–H groups in total. The van der Waals surface area contributed by atoms with Gasteiger partial charge in [0, 0.05) is 68.6 Å². The second kappa shape index (κ2) is 11.7. The van der Waals surface area contributed by atoms with Gasteiger partial charge in [-0.15, -0.1) is 16.9 Å². The van der Waals surface area contributed by atoms with E-state index in [1.54, 1.807) is 49.8 Å². The van der Waals surface area contributed by atoms with Gasteiger partial charge in [0.1, 0.15) is 6.54 Å². The molecular weight excluding hydrogens is 601 g/mol. The highest BCUT2D eigenvalue weighted by atomic mass is 32.2. The molecule has 7 rings (SSSR count). The first-order valence-corrected chi connectivity index (χ1v) is 17.5. The zero-order chi connectivity index (χ0) is 30.4. The SMILES string of the molecule is CSc1ccc(S(=O)(=O)N2C3CCC2CN(c2cccn4nc(Nc5cnn(CC(=O)N6CCN(C)CC6)c5)nc24)C3)cc1. The van der Waals surface area contributed by atoms with E-state index in [0.29, 0.717) is 35.3 Å². The lowest BCUT2D eigenvalue weighted by atomic mass is 10.2. The molecule has 2 unspecified atom stereocenters. The van der Waals surface area contributed by atoms with Crippen LogP contribution in [0, 0.1) is 0 Å². The van der Waals surface area contributed by atoms with Crippen LogP contribution in [0.5, 0.6) is 0 Å². The first kappa shape index (κ1) is 29.1. The standard InChI is InChI=1S/C29H36N10O3S2/c1-34-12-14-35(15-13-34)27(40)20-37-17-21(16-30-37)31-29-32-28-26(4-3-11-38(28)33-29)36-18-22-5-6-23(19-36)39(22)44(41,42)25-9-7-24(43-2)8-10-25/h3-4,7-11,16-17,22-23H,5-6,12-15,18-20H2,1-2H3,(H,31,33). The fraction of sp³-hybridized carbons (Fsp3) is 0.448. The summed E-state index contributed by atoms with van der Waals surface area (Å²) < 4.78 is 32.4. The molecular formula is C29H36N10O3S2. The molecule has 2 atom stereocenters. The number of sulfonamides is 1. The molecule has 0 radical (unpaired) electrons. The number of likely N-dealkylation sites (N-methyl/N-ethyl adjacent to an activating group) is 1. The molecule has 4 aromatic rings. The van der Waals surface area contributed by atoms with Crippen LogP contribution in [0.3, 0.4) is 0 Å². The van der Waals surface area contributed by atoms with Gasteiger partial charge < -0.3 is 20.0 Å². The monoisotopic (exact) mass is 636 g/mol. The number of benzene rings is 1. The first-order chi connectivity index (χ1) is 21.3. The molecule has 0 saturated carbocycles. The number of aromatic nitrogens is 5. The summed E-state index contributed by atoms with van der Waals surface area (Å²) in [6.45, 7) is 4.57. The van der Waals surface area contributed by atoms with Crippen LogP contribution in [0.4, 0.5) is 17.3 Å². The summed E-state index contributed by atoms with van der Waals surface area (Å²) in [6, 6.07) is 10.9. The number of nitrogens with one attached hydrogen (secondary N) is 1. The van der Waals surface area contributed by atoms with Crippen LogP contribution < -0.4 is 10.2 Å². The Morgan fingerprint density at radius 3 is 2.48 bits per heavy atom. The van der Waals surface area contributed by atoms with Gasteiger partial charge in [0.05, 0.1) is 22.5 Å². The highest BCUT2D eigenvalue weighted by Gasteiger charge is 2.47. The van der Waals surface area contributed by atoms with Crippen molar-refractivity contribution in [3.05, 3.63) is 55.0 Å². The number of thioether (sulfide) groups is 1. The van der Waals surface area contributed by atoms with Gasteiger partial charge >= 0.3 is 0 Å². The Bertz CT molecular complexity index is 1750. The summed E-state index contributed by atoms with van der Waals surface area (Å²) in [5, 5.41) is 12.2. The normalized spacial score (nSPS) is 21.3. The number of hydrogen-bond donors (Lipinski definition) is 1. The summed E-state index contributed by atoms with van der Waals surface area (Å²) >= 11 is 1.59. The largest absolute Gasteiger partial charge is 0.365 e. The van der Waals surface area contributed by atoms with E-state index >= 15 is 0 Å². The Kier molecular flexibility index (Phi) is 7.72. The predicted molar refractivity (Wildman–Crippen MR) is 169 cm³/mol. The number of piperazine rings is 2. The van der Waals surface area contributed by atoms with Crippen molar-refractivity contribution < 1.29 is 13.2 Å². The Balaban J connectivity index is 1.04. The zero-order valence-electron chi connectivity index (χ0n) is 24.8. The van der Waals surface area contributed by atoms with E-state index in [-0.39, 0.29) is 24.5 Å². The topological polar surface area (TPSA) is 124 Å². The Labute approximate surface area is 260 Å².